The summed E-state index contributed by atoms with van der Waals surface area (Å²) in [7, 11) is -3.16. The largest absolute Gasteiger partial charge is 0.323 e. The Balaban J connectivity index is 2.97. The van der Waals surface area contributed by atoms with Gasteiger partial charge in [0.2, 0.25) is 0 Å². The van der Waals surface area contributed by atoms with E-state index in [1.54, 1.807) is 19.1 Å². The number of benzene rings is 1. The van der Waals surface area contributed by atoms with E-state index < -0.39 is 9.84 Å². The van der Waals surface area contributed by atoms with Gasteiger partial charge in [-0.05, 0) is 17.7 Å². The van der Waals surface area contributed by atoms with E-state index in [-0.39, 0.29) is 18.2 Å². The monoisotopic (exact) mass is 238 g/mol. The van der Waals surface area contributed by atoms with Crippen LogP contribution in [-0.4, -0.2) is 14.2 Å². The van der Waals surface area contributed by atoms with Crippen molar-refractivity contribution in [1.29, 1.82) is 5.26 Å². The van der Waals surface area contributed by atoms with E-state index in [1.807, 2.05) is 6.07 Å². The van der Waals surface area contributed by atoms with Crippen molar-refractivity contribution in [3.63, 3.8) is 0 Å². The minimum atomic E-state index is -3.16. The van der Waals surface area contributed by atoms with Crippen molar-refractivity contribution in [2.75, 3.05) is 5.75 Å². The lowest BCUT2D eigenvalue weighted by Crippen LogP contribution is -2.10. The topological polar surface area (TPSA) is 83.9 Å². The molecule has 86 valence electrons. The van der Waals surface area contributed by atoms with Crippen LogP contribution in [-0.2, 0) is 9.84 Å². The molecule has 1 atom stereocenters. The number of rotatable bonds is 4. The van der Waals surface area contributed by atoms with Crippen LogP contribution in [0.4, 0.5) is 0 Å². The smallest absolute Gasteiger partial charge is 0.178 e. The molecule has 1 aromatic carbocycles. The molecule has 0 aliphatic carbocycles. The summed E-state index contributed by atoms with van der Waals surface area (Å²) >= 11 is 0. The van der Waals surface area contributed by atoms with Gasteiger partial charge in [0.1, 0.15) is 0 Å². The van der Waals surface area contributed by atoms with E-state index in [0.717, 1.165) is 5.56 Å². The Morgan fingerprint density at radius 1 is 1.38 bits per heavy atom. The SMILES string of the molecule is CCS(=O)(=O)c1ccc([C@H](N)CC#N)cc1. The van der Waals surface area contributed by atoms with Gasteiger partial charge in [-0.1, -0.05) is 19.1 Å². The lowest BCUT2D eigenvalue weighted by atomic mass is 10.1. The van der Waals surface area contributed by atoms with E-state index in [0.29, 0.717) is 4.90 Å². The van der Waals surface area contributed by atoms with E-state index in [2.05, 4.69) is 0 Å². The van der Waals surface area contributed by atoms with Crippen LogP contribution in [0.1, 0.15) is 24.9 Å². The first kappa shape index (κ1) is 12.7. The van der Waals surface area contributed by atoms with E-state index in [4.69, 9.17) is 11.0 Å². The van der Waals surface area contributed by atoms with Gasteiger partial charge in [0.15, 0.2) is 9.84 Å². The number of hydrogen-bond acceptors (Lipinski definition) is 4. The average molecular weight is 238 g/mol. The van der Waals surface area contributed by atoms with Crippen molar-refractivity contribution in [2.45, 2.75) is 24.3 Å². The van der Waals surface area contributed by atoms with Crippen molar-refractivity contribution < 1.29 is 8.42 Å². The molecule has 1 rings (SSSR count). The Labute approximate surface area is 95.6 Å². The highest BCUT2D eigenvalue weighted by molar-refractivity contribution is 7.91. The molecule has 5 heteroatoms. The predicted octanol–water partition coefficient (Wildman–Crippen LogP) is 1.39. The van der Waals surface area contributed by atoms with Crippen molar-refractivity contribution in [3.05, 3.63) is 29.8 Å². The molecule has 0 spiro atoms. The fraction of sp³-hybridized carbons (Fsp3) is 0.364. The summed E-state index contributed by atoms with van der Waals surface area (Å²) < 4.78 is 23.0. The minimum absolute atomic E-state index is 0.0800. The van der Waals surface area contributed by atoms with E-state index in [9.17, 15) is 8.42 Å². The average Bonchev–Trinajstić information content (AvgIpc) is 2.29. The molecule has 0 aliphatic rings. The Morgan fingerprint density at radius 3 is 2.38 bits per heavy atom. The van der Waals surface area contributed by atoms with Crippen LogP contribution in [0.3, 0.4) is 0 Å². The normalized spacial score (nSPS) is 13.1. The van der Waals surface area contributed by atoms with Gasteiger partial charge < -0.3 is 5.73 Å². The number of nitrogens with zero attached hydrogens (tertiary/aromatic N) is 1. The van der Waals surface area contributed by atoms with Crippen molar-refractivity contribution >= 4 is 9.84 Å². The molecular weight excluding hydrogens is 224 g/mol. The lowest BCUT2D eigenvalue weighted by molar-refractivity contribution is 0.597. The first-order valence-electron chi connectivity index (χ1n) is 4.96. The highest BCUT2D eigenvalue weighted by Gasteiger charge is 2.12. The van der Waals surface area contributed by atoms with Gasteiger partial charge in [0.25, 0.3) is 0 Å². The summed E-state index contributed by atoms with van der Waals surface area (Å²) in [6.45, 7) is 1.60. The molecule has 0 heterocycles. The quantitative estimate of drug-likeness (QED) is 0.859. The van der Waals surface area contributed by atoms with Gasteiger partial charge in [-0.25, -0.2) is 8.42 Å². The second kappa shape index (κ2) is 5.10. The van der Waals surface area contributed by atoms with Gasteiger partial charge in [0.05, 0.1) is 23.1 Å². The van der Waals surface area contributed by atoms with Crippen LogP contribution in [0.25, 0.3) is 0 Å². The van der Waals surface area contributed by atoms with E-state index in [1.165, 1.54) is 12.1 Å². The zero-order chi connectivity index (χ0) is 12.2. The van der Waals surface area contributed by atoms with Crippen LogP contribution < -0.4 is 5.73 Å². The number of nitriles is 1. The van der Waals surface area contributed by atoms with Crippen LogP contribution in [0, 0.1) is 11.3 Å². The maximum atomic E-state index is 11.5. The fourth-order valence-electron chi connectivity index (χ4n) is 1.31. The summed E-state index contributed by atoms with van der Waals surface area (Å²) in [4.78, 5) is 0.294. The maximum Gasteiger partial charge on any atom is 0.178 e. The number of hydrogen-bond donors (Lipinski definition) is 1. The van der Waals surface area contributed by atoms with E-state index >= 15 is 0 Å². The molecule has 2 N–H and O–H groups in total. The molecule has 0 amide bonds. The maximum absolute atomic E-state index is 11.5. The first-order chi connectivity index (χ1) is 7.51. The van der Waals surface area contributed by atoms with Crippen molar-refractivity contribution in [1.82, 2.24) is 0 Å². The summed E-state index contributed by atoms with van der Waals surface area (Å²) in [5.74, 6) is 0.0800. The molecule has 1 aromatic rings. The number of sulfone groups is 1. The Morgan fingerprint density at radius 2 is 1.94 bits per heavy atom. The Bertz CT molecular complexity index is 486. The Kier molecular flexibility index (Phi) is 4.05. The third-order valence-electron chi connectivity index (χ3n) is 2.36. The molecule has 0 unspecified atom stereocenters. The summed E-state index contributed by atoms with van der Waals surface area (Å²) in [5, 5.41) is 8.49. The van der Waals surface area contributed by atoms with Crippen molar-refractivity contribution in [2.24, 2.45) is 5.73 Å². The molecule has 0 aromatic heterocycles. The van der Waals surface area contributed by atoms with Gasteiger partial charge in [-0.3, -0.25) is 0 Å². The third kappa shape index (κ3) is 2.81. The zero-order valence-electron chi connectivity index (χ0n) is 9.05. The highest BCUT2D eigenvalue weighted by atomic mass is 32.2. The van der Waals surface area contributed by atoms with Gasteiger partial charge in [-0.15, -0.1) is 0 Å². The molecule has 4 nitrogen and oxygen atoms in total. The highest BCUT2D eigenvalue weighted by Crippen LogP contribution is 2.17. The molecule has 0 fully saturated rings. The fourth-order valence-corrected chi connectivity index (χ4v) is 2.19. The van der Waals surface area contributed by atoms with Crippen LogP contribution in [0.5, 0.6) is 0 Å². The molecule has 0 saturated carbocycles. The minimum Gasteiger partial charge on any atom is -0.323 e. The zero-order valence-corrected chi connectivity index (χ0v) is 9.87. The van der Waals surface area contributed by atoms with Gasteiger partial charge in [-0.2, -0.15) is 5.26 Å². The molecule has 16 heavy (non-hydrogen) atoms. The van der Waals surface area contributed by atoms with Crippen LogP contribution >= 0.6 is 0 Å². The summed E-state index contributed by atoms with van der Waals surface area (Å²) in [6.07, 6.45) is 0.222. The molecule has 0 aliphatic heterocycles. The molecule has 0 radical (unpaired) electrons. The summed E-state index contributed by atoms with van der Waals surface area (Å²) in [5.41, 5.74) is 6.50. The predicted molar refractivity (Wildman–Crippen MR) is 61.3 cm³/mol. The lowest BCUT2D eigenvalue weighted by Gasteiger charge is -2.08. The second-order valence-corrected chi connectivity index (χ2v) is 5.72. The van der Waals surface area contributed by atoms with Gasteiger partial charge >= 0.3 is 0 Å². The first-order valence-corrected chi connectivity index (χ1v) is 6.61. The molecule has 0 saturated heterocycles. The number of nitrogens with two attached hydrogens (primary N) is 1. The molecular formula is C11H14N2O2S. The Hall–Kier alpha value is -1.38. The van der Waals surface area contributed by atoms with Crippen molar-refractivity contribution in [3.8, 4) is 6.07 Å². The second-order valence-electron chi connectivity index (χ2n) is 3.44. The summed E-state index contributed by atoms with van der Waals surface area (Å²) in [6, 6.07) is 8.00. The molecule has 0 bridgehead atoms. The van der Waals surface area contributed by atoms with Crippen LogP contribution in [0.15, 0.2) is 29.2 Å². The third-order valence-corrected chi connectivity index (χ3v) is 4.11. The van der Waals surface area contributed by atoms with Crippen LogP contribution in [0.2, 0.25) is 0 Å². The van der Waals surface area contributed by atoms with Gasteiger partial charge in [0, 0.05) is 6.04 Å². The standard InChI is InChI=1S/C11H14N2O2S/c1-2-16(14,15)10-5-3-9(4-6-10)11(13)7-8-12/h3-6,11H,2,7,13H2,1H3/t11-/m1/s1.